The van der Waals surface area contributed by atoms with Crippen LogP contribution in [0.2, 0.25) is 0 Å². The molecule has 0 bridgehead atoms. The van der Waals surface area contributed by atoms with Gasteiger partial charge in [-0.1, -0.05) is 182 Å². The summed E-state index contributed by atoms with van der Waals surface area (Å²) in [4.78, 5) is 2.37. The molecular weight excluding hydrogens is 699 g/mol. The summed E-state index contributed by atoms with van der Waals surface area (Å²) in [7, 11) is 0. The fourth-order valence-corrected chi connectivity index (χ4v) is 9.39. The molecule has 58 heavy (non-hydrogen) atoms. The van der Waals surface area contributed by atoms with Crippen molar-refractivity contribution in [2.24, 2.45) is 0 Å². The van der Waals surface area contributed by atoms with Crippen molar-refractivity contribution in [2.75, 3.05) is 4.90 Å². The van der Waals surface area contributed by atoms with Gasteiger partial charge in [0.15, 0.2) is 0 Å². The highest BCUT2D eigenvalue weighted by Gasteiger charge is 2.31. The molecule has 272 valence electrons. The monoisotopic (exact) mass is 737 g/mol. The number of benzene rings is 10. The van der Waals surface area contributed by atoms with Crippen LogP contribution in [-0.2, 0) is 0 Å². The largest absolute Gasteiger partial charge is 0.310 e. The number of rotatable bonds is 7. The van der Waals surface area contributed by atoms with Crippen molar-refractivity contribution in [3.63, 3.8) is 0 Å². The maximum absolute atomic E-state index is 2.38. The van der Waals surface area contributed by atoms with E-state index in [0.717, 1.165) is 17.1 Å². The minimum atomic E-state index is 1.11. The number of aryl methyl sites for hydroxylation is 1. The Bertz CT molecular complexity index is 3050. The number of hydrogen-bond acceptors (Lipinski definition) is 1. The van der Waals surface area contributed by atoms with Crippen LogP contribution in [0.25, 0.3) is 88.3 Å². The summed E-state index contributed by atoms with van der Waals surface area (Å²) < 4.78 is 0. The first-order valence-corrected chi connectivity index (χ1v) is 20.1. The van der Waals surface area contributed by atoms with E-state index in [2.05, 4.69) is 230 Å². The minimum Gasteiger partial charge on any atom is -0.310 e. The first kappa shape index (κ1) is 33.8. The Balaban J connectivity index is 1.11. The Hall–Kier alpha value is -7.48. The molecule has 0 amide bonds. The lowest BCUT2D eigenvalue weighted by Crippen LogP contribution is -2.09. The fourth-order valence-electron chi connectivity index (χ4n) is 9.39. The first-order valence-electron chi connectivity index (χ1n) is 20.1. The lowest BCUT2D eigenvalue weighted by Gasteiger charge is -2.26. The van der Waals surface area contributed by atoms with Crippen LogP contribution < -0.4 is 4.90 Å². The van der Waals surface area contributed by atoms with Crippen LogP contribution in [0.4, 0.5) is 17.1 Å². The molecule has 11 rings (SSSR count). The Morgan fingerprint density at radius 1 is 0.276 bits per heavy atom. The lowest BCUT2D eigenvalue weighted by molar-refractivity contribution is 1.28. The summed E-state index contributed by atoms with van der Waals surface area (Å²) in [6, 6.07) is 79.9. The maximum Gasteiger partial charge on any atom is 0.0467 e. The number of fused-ring (bicyclic) bond motifs is 4. The predicted octanol–water partition coefficient (Wildman–Crippen LogP) is 16.1. The van der Waals surface area contributed by atoms with Gasteiger partial charge < -0.3 is 4.90 Å². The third kappa shape index (κ3) is 5.47. The van der Waals surface area contributed by atoms with Crippen LogP contribution >= 0.6 is 0 Å². The summed E-state index contributed by atoms with van der Waals surface area (Å²) in [5, 5.41) is 5.13. The maximum atomic E-state index is 2.38. The molecule has 1 aliphatic rings. The van der Waals surface area contributed by atoms with Crippen molar-refractivity contribution >= 4 is 38.6 Å². The quantitative estimate of drug-likeness (QED) is 0.157. The highest BCUT2D eigenvalue weighted by atomic mass is 15.1. The van der Waals surface area contributed by atoms with E-state index >= 15 is 0 Å². The van der Waals surface area contributed by atoms with Gasteiger partial charge in [-0.25, -0.2) is 0 Å². The number of para-hydroxylation sites is 1. The molecule has 0 heterocycles. The summed E-state index contributed by atoms with van der Waals surface area (Å²) in [6.45, 7) is 2.18. The van der Waals surface area contributed by atoms with Crippen LogP contribution in [0.1, 0.15) is 5.56 Å². The second-order valence-corrected chi connectivity index (χ2v) is 15.2. The summed E-state index contributed by atoms with van der Waals surface area (Å²) in [6.07, 6.45) is 0. The van der Waals surface area contributed by atoms with E-state index < -0.39 is 0 Å². The number of nitrogens with zero attached hydrogens (tertiary/aromatic N) is 1. The zero-order valence-electron chi connectivity index (χ0n) is 32.2. The summed E-state index contributed by atoms with van der Waals surface area (Å²) in [5.74, 6) is 0. The van der Waals surface area contributed by atoms with Crippen molar-refractivity contribution in [1.29, 1.82) is 0 Å². The Labute approximate surface area is 339 Å². The van der Waals surface area contributed by atoms with Crippen LogP contribution in [-0.4, -0.2) is 0 Å². The molecule has 0 aliphatic heterocycles. The van der Waals surface area contributed by atoms with Crippen LogP contribution in [0, 0.1) is 6.92 Å². The van der Waals surface area contributed by atoms with Crippen molar-refractivity contribution in [3.05, 3.63) is 224 Å². The highest BCUT2D eigenvalue weighted by molar-refractivity contribution is 6.28. The van der Waals surface area contributed by atoms with Crippen molar-refractivity contribution in [3.8, 4) is 66.8 Å². The van der Waals surface area contributed by atoms with Crippen LogP contribution in [0.5, 0.6) is 0 Å². The van der Waals surface area contributed by atoms with E-state index in [0.29, 0.717) is 0 Å². The van der Waals surface area contributed by atoms with Crippen molar-refractivity contribution < 1.29 is 0 Å². The van der Waals surface area contributed by atoms with Crippen LogP contribution in [0.3, 0.4) is 0 Å². The second kappa shape index (κ2) is 13.9. The predicted molar refractivity (Wildman–Crippen MR) is 247 cm³/mol. The van der Waals surface area contributed by atoms with Gasteiger partial charge in [0.25, 0.3) is 0 Å². The van der Waals surface area contributed by atoms with Crippen molar-refractivity contribution in [1.82, 2.24) is 0 Å². The van der Waals surface area contributed by atoms with Gasteiger partial charge in [-0.15, -0.1) is 0 Å². The van der Waals surface area contributed by atoms with E-state index in [1.54, 1.807) is 0 Å². The van der Waals surface area contributed by atoms with E-state index in [4.69, 9.17) is 0 Å². The summed E-state index contributed by atoms with van der Waals surface area (Å²) in [5.41, 5.74) is 19.8. The molecule has 10 aromatic rings. The second-order valence-electron chi connectivity index (χ2n) is 15.2. The molecule has 0 unspecified atom stereocenters. The highest BCUT2D eigenvalue weighted by Crippen LogP contribution is 2.58. The molecule has 0 fully saturated rings. The van der Waals surface area contributed by atoms with Crippen LogP contribution in [0.15, 0.2) is 218 Å². The van der Waals surface area contributed by atoms with Gasteiger partial charge in [0.1, 0.15) is 0 Å². The first-order chi connectivity index (χ1) is 28.7. The van der Waals surface area contributed by atoms with Gasteiger partial charge in [-0.05, 0) is 137 Å². The van der Waals surface area contributed by atoms with E-state index in [1.165, 1.54) is 93.9 Å². The van der Waals surface area contributed by atoms with Gasteiger partial charge >= 0.3 is 0 Å². The van der Waals surface area contributed by atoms with Gasteiger partial charge in [-0.3, -0.25) is 0 Å². The molecule has 1 nitrogen and oxygen atoms in total. The standard InChI is InChI=1S/C57H39N/c1-38-17-11-12-26-46(38)39-31-33-44(34-32-39)58(43-23-9-4-10-24-43)45-25-15-22-42(37-45)47-35-36-52-55-48(47)29-16-30-51(55)56-53(40-18-5-2-6-19-40)49-27-13-14-28-50(49)54(57(52)56)41-20-7-3-8-21-41/h2-37H,1H3. The molecule has 0 spiro atoms. The number of hydrogen-bond donors (Lipinski definition) is 0. The smallest absolute Gasteiger partial charge is 0.0467 e. The van der Waals surface area contributed by atoms with Gasteiger partial charge in [0, 0.05) is 17.1 Å². The average molecular weight is 738 g/mol. The molecular formula is C57H39N. The Morgan fingerprint density at radius 2 is 0.741 bits per heavy atom. The van der Waals surface area contributed by atoms with E-state index in [1.807, 2.05) is 0 Å². The molecule has 0 aromatic heterocycles. The summed E-state index contributed by atoms with van der Waals surface area (Å²) >= 11 is 0. The molecule has 1 heteroatoms. The normalized spacial score (nSPS) is 11.5. The molecule has 0 radical (unpaired) electrons. The number of anilines is 3. The van der Waals surface area contributed by atoms with Crippen molar-refractivity contribution in [2.45, 2.75) is 6.92 Å². The van der Waals surface area contributed by atoms with E-state index in [-0.39, 0.29) is 0 Å². The van der Waals surface area contributed by atoms with Gasteiger partial charge in [0.05, 0.1) is 0 Å². The topological polar surface area (TPSA) is 3.24 Å². The van der Waals surface area contributed by atoms with Gasteiger partial charge in [-0.2, -0.15) is 0 Å². The Kier molecular flexibility index (Phi) is 8.12. The molecule has 0 N–H and O–H groups in total. The molecule has 0 atom stereocenters. The van der Waals surface area contributed by atoms with Gasteiger partial charge in [0.2, 0.25) is 0 Å². The molecule has 10 aromatic carbocycles. The Morgan fingerprint density at radius 3 is 1.40 bits per heavy atom. The minimum absolute atomic E-state index is 1.11. The molecule has 0 saturated carbocycles. The average Bonchev–Trinajstić information content (AvgIpc) is 3.62. The molecule has 0 saturated heterocycles. The SMILES string of the molecule is Cc1ccccc1-c1ccc(N(c2ccccc2)c2cccc(-c3ccc4c5c(cccc35)-c3c-4c(-c4ccccc4)c4ccccc4c3-c3ccccc3)c2)cc1. The fraction of sp³-hybridized carbons (Fsp3) is 0.0175. The third-order valence-electron chi connectivity index (χ3n) is 11.9. The zero-order chi connectivity index (χ0) is 38.6. The molecule has 1 aliphatic carbocycles. The van der Waals surface area contributed by atoms with E-state index in [9.17, 15) is 0 Å². The third-order valence-corrected chi connectivity index (χ3v) is 11.9. The zero-order valence-corrected chi connectivity index (χ0v) is 32.2. The lowest BCUT2D eigenvalue weighted by atomic mass is 9.82.